The zero-order valence-corrected chi connectivity index (χ0v) is 26.3. The van der Waals surface area contributed by atoms with Crippen molar-refractivity contribution in [1.82, 2.24) is 0 Å². The minimum atomic E-state index is -1.17. The number of ether oxygens (including phenoxy) is 4. The highest BCUT2D eigenvalue weighted by atomic mass is 16.8. The van der Waals surface area contributed by atoms with Crippen LogP contribution >= 0.6 is 0 Å². The van der Waals surface area contributed by atoms with Crippen LogP contribution < -0.4 is 0 Å². The van der Waals surface area contributed by atoms with E-state index in [1.165, 1.54) is 39.5 Å². The summed E-state index contributed by atoms with van der Waals surface area (Å²) >= 11 is 0. The van der Waals surface area contributed by atoms with Crippen LogP contribution in [0.5, 0.6) is 0 Å². The molecule has 0 amide bonds. The van der Waals surface area contributed by atoms with Crippen LogP contribution in [0.1, 0.15) is 112 Å². The SMILES string of the molecule is C=CC(=C)CCC1(C)C(C)CC(OC(=O)CCCCCCCCC)C23C(=CC(O)CC12)C(OC(C)=O)OC3OC(C)=O. The van der Waals surface area contributed by atoms with Crippen molar-refractivity contribution in [2.24, 2.45) is 22.7 Å². The smallest absolute Gasteiger partial charge is 0.306 e. The number of aliphatic hydroxyl groups excluding tert-OH is 1. The van der Waals surface area contributed by atoms with E-state index in [2.05, 4.69) is 33.9 Å². The predicted octanol–water partition coefficient (Wildman–Crippen LogP) is 6.71. The van der Waals surface area contributed by atoms with E-state index in [9.17, 15) is 19.5 Å². The molecule has 42 heavy (non-hydrogen) atoms. The van der Waals surface area contributed by atoms with Gasteiger partial charge in [-0.2, -0.15) is 0 Å². The summed E-state index contributed by atoms with van der Waals surface area (Å²) < 4.78 is 23.9. The Hall–Kier alpha value is -2.45. The highest BCUT2D eigenvalue weighted by Gasteiger charge is 2.72. The molecule has 2 aliphatic carbocycles. The number of hydrogen-bond acceptors (Lipinski definition) is 8. The standard InChI is InChI=1S/C34H52O8/c1-8-10-11-12-13-14-15-16-30(38)41-29-19-23(4)33(7,18-17-22(3)9-2)28-21-26(37)20-27-31(39-24(5)35)42-32(34(27,28)29)40-25(6)36/h9,20,23,26,28-29,31-32,37H,2-3,8,10-19,21H2,1,4-7H3. The van der Waals surface area contributed by atoms with Gasteiger partial charge in [0, 0.05) is 25.8 Å². The van der Waals surface area contributed by atoms with Crippen molar-refractivity contribution in [2.45, 2.75) is 136 Å². The second-order valence-electron chi connectivity index (χ2n) is 12.8. The molecule has 8 heteroatoms. The first-order valence-corrected chi connectivity index (χ1v) is 15.8. The van der Waals surface area contributed by atoms with Crippen molar-refractivity contribution in [2.75, 3.05) is 0 Å². The van der Waals surface area contributed by atoms with E-state index in [0.29, 0.717) is 31.3 Å². The second-order valence-corrected chi connectivity index (χ2v) is 12.8. The molecule has 0 aromatic heterocycles. The number of hydrogen-bond donors (Lipinski definition) is 1. The zero-order valence-electron chi connectivity index (χ0n) is 26.3. The third-order valence-corrected chi connectivity index (χ3v) is 9.92. The Bertz CT molecular complexity index is 1030. The lowest BCUT2D eigenvalue weighted by molar-refractivity contribution is -0.257. The molecule has 1 saturated carbocycles. The number of unbranched alkanes of at least 4 members (excludes halogenated alkanes) is 6. The number of carbonyl (C=O) groups excluding carboxylic acids is 3. The van der Waals surface area contributed by atoms with E-state index in [1.54, 1.807) is 12.2 Å². The van der Waals surface area contributed by atoms with Gasteiger partial charge < -0.3 is 19.3 Å². The molecule has 0 aromatic rings. The summed E-state index contributed by atoms with van der Waals surface area (Å²) in [5.41, 5.74) is -0.106. The van der Waals surface area contributed by atoms with Gasteiger partial charge in [0.05, 0.1) is 6.10 Å². The normalized spacial score (nSPS) is 33.5. The third-order valence-electron chi connectivity index (χ3n) is 9.92. The number of aliphatic hydroxyl groups is 1. The lowest BCUT2D eigenvalue weighted by Crippen LogP contribution is -2.63. The van der Waals surface area contributed by atoms with Gasteiger partial charge in [0.1, 0.15) is 11.5 Å². The number of allylic oxidation sites excluding steroid dienone is 2. The molecule has 1 aliphatic heterocycles. The Morgan fingerprint density at radius 1 is 1.02 bits per heavy atom. The highest BCUT2D eigenvalue weighted by Crippen LogP contribution is 2.67. The predicted molar refractivity (Wildman–Crippen MR) is 160 cm³/mol. The second kappa shape index (κ2) is 14.8. The van der Waals surface area contributed by atoms with E-state index in [4.69, 9.17) is 18.9 Å². The molecule has 1 spiro atoms. The van der Waals surface area contributed by atoms with Gasteiger partial charge in [-0.05, 0) is 55.4 Å². The first-order chi connectivity index (χ1) is 19.9. The minimum Gasteiger partial charge on any atom is -0.461 e. The summed E-state index contributed by atoms with van der Waals surface area (Å²) in [6.45, 7) is 17.1. The molecule has 1 heterocycles. The monoisotopic (exact) mass is 588 g/mol. The average molecular weight is 589 g/mol. The Morgan fingerprint density at radius 2 is 1.67 bits per heavy atom. The molecule has 0 bridgehead atoms. The average Bonchev–Trinajstić information content (AvgIpc) is 3.21. The van der Waals surface area contributed by atoms with Gasteiger partial charge in [-0.25, -0.2) is 0 Å². The number of carbonyl (C=O) groups is 3. The van der Waals surface area contributed by atoms with Gasteiger partial charge in [0.15, 0.2) is 0 Å². The van der Waals surface area contributed by atoms with Crippen molar-refractivity contribution in [3.8, 4) is 0 Å². The fourth-order valence-electron chi connectivity index (χ4n) is 7.50. The first kappa shape index (κ1) is 34.0. The number of esters is 3. The molecule has 8 atom stereocenters. The minimum absolute atomic E-state index is 0.0828. The van der Waals surface area contributed by atoms with Crippen LogP contribution in [0.25, 0.3) is 0 Å². The van der Waals surface area contributed by atoms with Crippen molar-refractivity contribution in [3.05, 3.63) is 36.5 Å². The molecular formula is C34H52O8. The summed E-state index contributed by atoms with van der Waals surface area (Å²) in [5, 5.41) is 11.1. The van der Waals surface area contributed by atoms with Gasteiger partial charge in [0.25, 0.3) is 0 Å². The summed E-state index contributed by atoms with van der Waals surface area (Å²) in [5.74, 6) is -1.67. The van der Waals surface area contributed by atoms with Crippen LogP contribution in [-0.4, -0.2) is 47.8 Å². The molecular weight excluding hydrogens is 536 g/mol. The summed E-state index contributed by atoms with van der Waals surface area (Å²) in [6, 6.07) is 0. The largest absolute Gasteiger partial charge is 0.461 e. The van der Waals surface area contributed by atoms with Gasteiger partial charge in [-0.3, -0.25) is 19.1 Å². The lowest BCUT2D eigenvalue weighted by atomic mass is 9.45. The summed E-state index contributed by atoms with van der Waals surface area (Å²) in [6.07, 6.45) is 9.69. The molecule has 1 N–H and O–H groups in total. The molecule has 1 saturated heterocycles. The van der Waals surface area contributed by atoms with Crippen molar-refractivity contribution in [1.29, 1.82) is 0 Å². The number of rotatable bonds is 15. The van der Waals surface area contributed by atoms with E-state index >= 15 is 0 Å². The highest BCUT2D eigenvalue weighted by molar-refractivity contribution is 5.70. The van der Waals surface area contributed by atoms with Crippen LogP contribution in [-0.2, 0) is 33.3 Å². The van der Waals surface area contributed by atoms with Crippen LogP contribution in [0, 0.1) is 22.7 Å². The molecule has 3 aliphatic rings. The van der Waals surface area contributed by atoms with Crippen LogP contribution in [0.3, 0.4) is 0 Å². The maximum Gasteiger partial charge on any atom is 0.306 e. The zero-order chi connectivity index (χ0) is 31.1. The van der Waals surface area contributed by atoms with Gasteiger partial charge in [0.2, 0.25) is 12.6 Å². The van der Waals surface area contributed by atoms with Crippen molar-refractivity contribution >= 4 is 17.9 Å². The van der Waals surface area contributed by atoms with Crippen LogP contribution in [0.4, 0.5) is 0 Å². The van der Waals surface area contributed by atoms with Crippen LogP contribution in [0.15, 0.2) is 36.5 Å². The van der Waals surface area contributed by atoms with Crippen LogP contribution in [0.2, 0.25) is 0 Å². The van der Waals surface area contributed by atoms with Crippen molar-refractivity contribution in [3.63, 3.8) is 0 Å². The molecule has 2 fully saturated rings. The Morgan fingerprint density at radius 3 is 2.29 bits per heavy atom. The Kier molecular flexibility index (Phi) is 12.0. The quantitative estimate of drug-likeness (QED) is 0.0739. The fraction of sp³-hybridized carbons (Fsp3) is 0.735. The van der Waals surface area contributed by atoms with E-state index in [1.807, 2.05) is 0 Å². The van der Waals surface area contributed by atoms with Gasteiger partial charge in [-0.15, -0.1) is 0 Å². The Labute approximate surface area is 251 Å². The van der Waals surface area contributed by atoms with E-state index < -0.39 is 42.1 Å². The Balaban J connectivity index is 2.00. The fourth-order valence-corrected chi connectivity index (χ4v) is 7.50. The van der Waals surface area contributed by atoms with Gasteiger partial charge >= 0.3 is 17.9 Å². The van der Waals surface area contributed by atoms with E-state index in [-0.39, 0.29) is 23.2 Å². The lowest BCUT2D eigenvalue weighted by Gasteiger charge is -2.60. The molecule has 3 rings (SSSR count). The molecule has 236 valence electrons. The first-order valence-electron chi connectivity index (χ1n) is 15.8. The summed E-state index contributed by atoms with van der Waals surface area (Å²) in [7, 11) is 0. The topological polar surface area (TPSA) is 108 Å². The molecule has 8 unspecified atom stereocenters. The van der Waals surface area contributed by atoms with E-state index in [0.717, 1.165) is 31.3 Å². The van der Waals surface area contributed by atoms with Crippen molar-refractivity contribution < 1.29 is 38.4 Å². The van der Waals surface area contributed by atoms with Gasteiger partial charge in [-0.1, -0.05) is 84.1 Å². The maximum atomic E-state index is 13.3. The molecule has 8 nitrogen and oxygen atoms in total. The maximum absolute atomic E-state index is 13.3. The molecule has 0 aromatic carbocycles. The third kappa shape index (κ3) is 7.36. The molecule has 0 radical (unpaired) electrons. The summed E-state index contributed by atoms with van der Waals surface area (Å²) in [4.78, 5) is 37.9.